The molecule has 0 aliphatic heterocycles. The maximum atomic E-state index is 11.7. The van der Waals surface area contributed by atoms with Crippen LogP contribution in [0.15, 0.2) is 18.2 Å². The predicted molar refractivity (Wildman–Crippen MR) is 82.2 cm³/mol. The molecule has 21 heavy (non-hydrogen) atoms. The first-order chi connectivity index (χ1) is 9.97. The fourth-order valence-corrected chi connectivity index (χ4v) is 1.78. The number of alkyl halides is 1. The zero-order chi connectivity index (χ0) is 15.8. The number of anilines is 1. The van der Waals surface area contributed by atoms with Gasteiger partial charge >= 0.3 is 0 Å². The molecule has 1 aromatic carbocycles. The summed E-state index contributed by atoms with van der Waals surface area (Å²) in [6, 6.07) is 4.82. The lowest BCUT2D eigenvalue weighted by atomic mass is 10.1. The van der Waals surface area contributed by atoms with Crippen LogP contribution >= 0.6 is 11.6 Å². The molecule has 0 heterocycles. The third-order valence-corrected chi connectivity index (χ3v) is 3.09. The molecular weight excluding hydrogens is 294 g/mol. The smallest absolute Gasteiger partial charge is 0.224 e. The topological polar surface area (TPSA) is 75.6 Å². The molecule has 116 valence electrons. The third-order valence-electron chi connectivity index (χ3n) is 2.73. The van der Waals surface area contributed by atoms with Gasteiger partial charge in [-0.15, -0.1) is 11.6 Å². The number of carbonyl (C=O) groups excluding carboxylic acids is 2. The molecule has 1 unspecified atom stereocenters. The van der Waals surface area contributed by atoms with Crippen molar-refractivity contribution < 1.29 is 19.4 Å². The van der Waals surface area contributed by atoms with E-state index < -0.39 is 6.10 Å². The van der Waals surface area contributed by atoms with Gasteiger partial charge in [-0.25, -0.2) is 0 Å². The minimum atomic E-state index is -0.796. The Bertz CT molecular complexity index is 504. The second kappa shape index (κ2) is 8.64. The monoisotopic (exact) mass is 313 g/mol. The van der Waals surface area contributed by atoms with Gasteiger partial charge < -0.3 is 15.2 Å². The average molecular weight is 314 g/mol. The van der Waals surface area contributed by atoms with Crippen LogP contribution in [0.1, 0.15) is 37.0 Å². The molecule has 0 aromatic heterocycles. The summed E-state index contributed by atoms with van der Waals surface area (Å²) in [5, 5.41) is 12.1. The van der Waals surface area contributed by atoms with E-state index >= 15 is 0 Å². The number of Topliss-reactive ketones (excluding diaryl/α,β-unsaturated/α-hetero) is 1. The first-order valence-corrected chi connectivity index (χ1v) is 7.33. The van der Waals surface area contributed by atoms with Gasteiger partial charge in [0.05, 0.1) is 11.4 Å². The highest BCUT2D eigenvalue weighted by Gasteiger charge is 2.12. The first kappa shape index (κ1) is 17.5. The van der Waals surface area contributed by atoms with Gasteiger partial charge in [0.15, 0.2) is 5.78 Å². The van der Waals surface area contributed by atoms with Gasteiger partial charge in [-0.05, 0) is 31.5 Å². The Morgan fingerprint density at radius 2 is 2.14 bits per heavy atom. The summed E-state index contributed by atoms with van der Waals surface area (Å²) >= 11 is 5.49. The van der Waals surface area contributed by atoms with Crippen molar-refractivity contribution in [1.29, 1.82) is 0 Å². The van der Waals surface area contributed by atoms with E-state index in [-0.39, 0.29) is 24.2 Å². The Hall–Kier alpha value is -1.59. The van der Waals surface area contributed by atoms with Gasteiger partial charge in [0.1, 0.15) is 18.5 Å². The molecule has 1 amide bonds. The van der Waals surface area contributed by atoms with E-state index in [0.717, 1.165) is 6.42 Å². The van der Waals surface area contributed by atoms with Crippen molar-refractivity contribution in [2.24, 2.45) is 0 Å². The van der Waals surface area contributed by atoms with Crippen molar-refractivity contribution in [3.05, 3.63) is 23.8 Å². The summed E-state index contributed by atoms with van der Waals surface area (Å²) < 4.78 is 5.39. The summed E-state index contributed by atoms with van der Waals surface area (Å²) in [4.78, 5) is 23.2. The molecule has 0 bridgehead atoms. The van der Waals surface area contributed by atoms with Crippen molar-refractivity contribution in [2.45, 2.75) is 32.8 Å². The molecule has 6 heteroatoms. The number of aliphatic hydroxyl groups is 1. The van der Waals surface area contributed by atoms with E-state index in [0.29, 0.717) is 23.4 Å². The highest BCUT2D eigenvalue weighted by Crippen LogP contribution is 2.24. The van der Waals surface area contributed by atoms with Crippen LogP contribution in [-0.4, -0.2) is 35.4 Å². The van der Waals surface area contributed by atoms with Crippen LogP contribution in [0.4, 0.5) is 5.69 Å². The standard InChI is InChI=1S/C15H20ClNO4/c1-3-4-15(20)17-11-5-6-14(13(7-11)10(2)18)21-9-12(19)8-16/h5-7,12,19H,3-4,8-9H2,1-2H3,(H,17,20). The molecule has 0 fully saturated rings. The van der Waals surface area contributed by atoms with Crippen LogP contribution < -0.4 is 10.1 Å². The van der Waals surface area contributed by atoms with Gasteiger partial charge in [0.2, 0.25) is 5.91 Å². The maximum absolute atomic E-state index is 11.7. The van der Waals surface area contributed by atoms with E-state index in [4.69, 9.17) is 16.3 Å². The molecule has 0 aliphatic rings. The Balaban J connectivity index is 2.86. The van der Waals surface area contributed by atoms with Crippen LogP contribution in [0.25, 0.3) is 0 Å². The fourth-order valence-electron chi connectivity index (χ4n) is 1.69. The van der Waals surface area contributed by atoms with E-state index in [1.807, 2.05) is 6.92 Å². The summed E-state index contributed by atoms with van der Waals surface area (Å²) in [5.74, 6) is 0.135. The number of ether oxygens (including phenoxy) is 1. The zero-order valence-electron chi connectivity index (χ0n) is 12.2. The zero-order valence-corrected chi connectivity index (χ0v) is 12.9. The Morgan fingerprint density at radius 3 is 2.71 bits per heavy atom. The number of amides is 1. The average Bonchev–Trinajstić information content (AvgIpc) is 2.45. The van der Waals surface area contributed by atoms with E-state index in [9.17, 15) is 14.7 Å². The normalized spacial score (nSPS) is 11.8. The molecule has 0 saturated carbocycles. The number of rotatable bonds is 8. The second-order valence-corrected chi connectivity index (χ2v) is 4.99. The highest BCUT2D eigenvalue weighted by molar-refractivity contribution is 6.18. The maximum Gasteiger partial charge on any atom is 0.224 e. The number of hydrogen-bond acceptors (Lipinski definition) is 4. The Kier molecular flexibility index (Phi) is 7.19. The minimum Gasteiger partial charge on any atom is -0.490 e. The summed E-state index contributed by atoms with van der Waals surface area (Å²) in [6.07, 6.45) is 0.383. The first-order valence-electron chi connectivity index (χ1n) is 6.79. The molecule has 2 N–H and O–H groups in total. The number of nitrogens with one attached hydrogen (secondary N) is 1. The molecule has 5 nitrogen and oxygen atoms in total. The molecule has 0 aliphatic carbocycles. The Labute approximate surface area is 129 Å². The predicted octanol–water partition coefficient (Wildman–Crippen LogP) is 2.61. The number of benzene rings is 1. The quantitative estimate of drug-likeness (QED) is 0.571. The fraction of sp³-hybridized carbons (Fsp3) is 0.467. The molecule has 1 rings (SSSR count). The van der Waals surface area contributed by atoms with Crippen LogP contribution in [0.2, 0.25) is 0 Å². The molecule has 0 radical (unpaired) electrons. The van der Waals surface area contributed by atoms with Crippen LogP contribution in [0.3, 0.4) is 0 Å². The number of carbonyl (C=O) groups is 2. The number of aliphatic hydroxyl groups excluding tert-OH is 1. The van der Waals surface area contributed by atoms with Gasteiger partial charge in [-0.1, -0.05) is 6.92 Å². The minimum absolute atomic E-state index is 0.00528. The summed E-state index contributed by atoms with van der Waals surface area (Å²) in [6.45, 7) is 3.34. The van der Waals surface area contributed by atoms with E-state index in [1.165, 1.54) is 6.92 Å². The molecule has 0 saturated heterocycles. The summed E-state index contributed by atoms with van der Waals surface area (Å²) in [5.41, 5.74) is 0.898. The largest absolute Gasteiger partial charge is 0.490 e. The lowest BCUT2D eigenvalue weighted by Gasteiger charge is -2.14. The molecular formula is C15H20ClNO4. The van der Waals surface area contributed by atoms with Crippen molar-refractivity contribution >= 4 is 29.0 Å². The Morgan fingerprint density at radius 1 is 1.43 bits per heavy atom. The number of hydrogen-bond donors (Lipinski definition) is 2. The van der Waals surface area contributed by atoms with Gasteiger partial charge in [0, 0.05) is 12.1 Å². The van der Waals surface area contributed by atoms with Crippen LogP contribution in [-0.2, 0) is 4.79 Å². The van der Waals surface area contributed by atoms with Crippen LogP contribution in [0.5, 0.6) is 5.75 Å². The van der Waals surface area contributed by atoms with Gasteiger partial charge in [-0.3, -0.25) is 9.59 Å². The van der Waals surface area contributed by atoms with Crippen molar-refractivity contribution in [3.8, 4) is 5.75 Å². The summed E-state index contributed by atoms with van der Waals surface area (Å²) in [7, 11) is 0. The molecule has 0 spiro atoms. The van der Waals surface area contributed by atoms with Crippen LogP contribution in [0, 0.1) is 0 Å². The molecule has 1 aromatic rings. The second-order valence-electron chi connectivity index (χ2n) is 4.68. The van der Waals surface area contributed by atoms with Crippen molar-refractivity contribution in [2.75, 3.05) is 17.8 Å². The van der Waals surface area contributed by atoms with Gasteiger partial charge in [0.25, 0.3) is 0 Å². The molecule has 1 atom stereocenters. The van der Waals surface area contributed by atoms with E-state index in [2.05, 4.69) is 5.32 Å². The SMILES string of the molecule is CCCC(=O)Nc1ccc(OCC(O)CCl)c(C(C)=O)c1. The lowest BCUT2D eigenvalue weighted by Crippen LogP contribution is -2.19. The number of ketones is 1. The third kappa shape index (κ3) is 5.73. The highest BCUT2D eigenvalue weighted by atomic mass is 35.5. The number of halogens is 1. The van der Waals surface area contributed by atoms with Gasteiger partial charge in [-0.2, -0.15) is 0 Å². The van der Waals surface area contributed by atoms with E-state index in [1.54, 1.807) is 18.2 Å². The lowest BCUT2D eigenvalue weighted by molar-refractivity contribution is -0.116. The van der Waals surface area contributed by atoms with Crippen molar-refractivity contribution in [1.82, 2.24) is 0 Å². The van der Waals surface area contributed by atoms with Crippen molar-refractivity contribution in [3.63, 3.8) is 0 Å².